The van der Waals surface area contributed by atoms with Gasteiger partial charge in [0, 0.05) is 0 Å². The van der Waals surface area contributed by atoms with Crippen LogP contribution in [0.15, 0.2) is 23.2 Å². The molecule has 4 nitrogen and oxygen atoms in total. The van der Waals surface area contributed by atoms with Crippen molar-refractivity contribution in [3.63, 3.8) is 0 Å². The van der Waals surface area contributed by atoms with Gasteiger partial charge in [0.1, 0.15) is 0 Å². The van der Waals surface area contributed by atoms with Crippen LogP contribution in [-0.2, 0) is 10.3 Å². The van der Waals surface area contributed by atoms with Crippen LogP contribution in [0.25, 0.3) is 0 Å². The van der Waals surface area contributed by atoms with Crippen molar-refractivity contribution >= 4 is 6.08 Å². The van der Waals surface area contributed by atoms with Crippen LogP contribution >= 0.6 is 0 Å². The number of benzene rings is 1. The number of hydrogen-bond acceptors (Lipinski definition) is 4. The molecule has 100 valence electrons. The first-order chi connectivity index (χ1) is 9.27. The Hall–Kier alpha value is -1.80. The fourth-order valence-corrected chi connectivity index (χ4v) is 2.40. The second-order valence-electron chi connectivity index (χ2n) is 5.27. The minimum Gasteiger partial charge on any atom is -0.493 e. The molecule has 2 aliphatic rings. The van der Waals surface area contributed by atoms with E-state index in [9.17, 15) is 4.79 Å². The van der Waals surface area contributed by atoms with Gasteiger partial charge in [0.25, 0.3) is 0 Å². The van der Waals surface area contributed by atoms with Gasteiger partial charge in [0.15, 0.2) is 11.5 Å². The van der Waals surface area contributed by atoms with E-state index in [1.54, 1.807) is 13.2 Å². The fraction of sp³-hybridized carbons (Fsp3) is 0.533. The minimum atomic E-state index is -0.355. The Kier molecular flexibility index (Phi) is 3.03. The lowest BCUT2D eigenvalue weighted by molar-refractivity contribution is 0.116. The molecule has 0 aliphatic heterocycles. The van der Waals surface area contributed by atoms with Crippen molar-refractivity contribution in [2.75, 3.05) is 7.11 Å². The highest BCUT2D eigenvalue weighted by atomic mass is 16.5. The topological polar surface area (TPSA) is 47.9 Å². The van der Waals surface area contributed by atoms with E-state index in [0.29, 0.717) is 6.10 Å². The zero-order valence-corrected chi connectivity index (χ0v) is 11.0. The molecule has 0 heterocycles. The first kappa shape index (κ1) is 12.2. The normalized spacial score (nSPS) is 20.1. The molecule has 0 amide bonds. The van der Waals surface area contributed by atoms with Gasteiger partial charge in [-0.15, -0.1) is 0 Å². The maximum absolute atomic E-state index is 10.5. The predicted octanol–water partition coefficient (Wildman–Crippen LogP) is 2.95. The molecule has 1 aromatic rings. The fourth-order valence-electron chi connectivity index (χ4n) is 2.40. The quantitative estimate of drug-likeness (QED) is 0.603. The van der Waals surface area contributed by atoms with Crippen LogP contribution in [0.5, 0.6) is 11.5 Å². The maximum atomic E-state index is 10.5. The van der Waals surface area contributed by atoms with Gasteiger partial charge in [-0.25, -0.2) is 4.79 Å². The van der Waals surface area contributed by atoms with Crippen molar-refractivity contribution in [3.05, 3.63) is 23.8 Å². The van der Waals surface area contributed by atoms with Crippen LogP contribution in [0, 0.1) is 0 Å². The summed E-state index contributed by atoms with van der Waals surface area (Å²) in [5.41, 5.74) is 0.664. The summed E-state index contributed by atoms with van der Waals surface area (Å²) >= 11 is 0. The average Bonchev–Trinajstić information content (AvgIpc) is 3.15. The second kappa shape index (κ2) is 4.71. The molecule has 1 aromatic carbocycles. The van der Waals surface area contributed by atoms with Gasteiger partial charge >= 0.3 is 0 Å². The SMILES string of the molecule is COc1ccc(C2(N=C=O)CC2)cc1OC1CCC1. The lowest BCUT2D eigenvalue weighted by atomic mass is 9.96. The van der Waals surface area contributed by atoms with E-state index in [2.05, 4.69) is 4.99 Å². The van der Waals surface area contributed by atoms with Crippen LogP contribution in [0.1, 0.15) is 37.7 Å². The van der Waals surface area contributed by atoms with E-state index in [1.165, 1.54) is 6.42 Å². The summed E-state index contributed by atoms with van der Waals surface area (Å²) in [4.78, 5) is 14.5. The zero-order valence-electron chi connectivity index (χ0n) is 11.0. The molecule has 0 atom stereocenters. The monoisotopic (exact) mass is 259 g/mol. The Morgan fingerprint density at radius 2 is 2.11 bits per heavy atom. The Morgan fingerprint density at radius 1 is 1.32 bits per heavy atom. The first-order valence-electron chi connectivity index (χ1n) is 6.72. The van der Waals surface area contributed by atoms with Gasteiger partial charge in [-0.3, -0.25) is 0 Å². The summed E-state index contributed by atoms with van der Waals surface area (Å²) < 4.78 is 11.3. The van der Waals surface area contributed by atoms with Gasteiger partial charge in [-0.05, 0) is 49.8 Å². The summed E-state index contributed by atoms with van der Waals surface area (Å²) in [6, 6.07) is 5.81. The largest absolute Gasteiger partial charge is 0.493 e. The number of aliphatic imine (C=N–C) groups is 1. The Morgan fingerprint density at radius 3 is 2.63 bits per heavy atom. The maximum Gasteiger partial charge on any atom is 0.235 e. The van der Waals surface area contributed by atoms with Gasteiger partial charge in [0.2, 0.25) is 6.08 Å². The molecule has 2 saturated carbocycles. The van der Waals surface area contributed by atoms with E-state index < -0.39 is 0 Å². The van der Waals surface area contributed by atoms with Crippen molar-refractivity contribution in [1.29, 1.82) is 0 Å². The van der Waals surface area contributed by atoms with Gasteiger partial charge in [-0.2, -0.15) is 4.99 Å². The summed E-state index contributed by atoms with van der Waals surface area (Å²) in [6.45, 7) is 0. The van der Waals surface area contributed by atoms with Crippen molar-refractivity contribution in [2.45, 2.75) is 43.7 Å². The second-order valence-corrected chi connectivity index (χ2v) is 5.27. The standard InChI is InChI=1S/C15H17NO3/c1-18-13-6-5-11(15(7-8-15)16-10-17)9-14(13)19-12-3-2-4-12/h5-6,9,12H,2-4,7-8H2,1H3. The van der Waals surface area contributed by atoms with Crippen molar-refractivity contribution in [2.24, 2.45) is 4.99 Å². The molecule has 0 saturated heterocycles. The van der Waals surface area contributed by atoms with E-state index in [1.807, 2.05) is 18.2 Å². The summed E-state index contributed by atoms with van der Waals surface area (Å²) in [7, 11) is 1.64. The van der Waals surface area contributed by atoms with E-state index in [4.69, 9.17) is 9.47 Å². The van der Waals surface area contributed by atoms with Crippen LogP contribution in [0.2, 0.25) is 0 Å². The van der Waals surface area contributed by atoms with Crippen LogP contribution < -0.4 is 9.47 Å². The number of methoxy groups -OCH3 is 1. The predicted molar refractivity (Wildman–Crippen MR) is 70.3 cm³/mol. The molecule has 0 N–H and O–H groups in total. The average molecular weight is 259 g/mol. The lowest BCUT2D eigenvalue weighted by Crippen LogP contribution is -2.24. The number of isocyanates is 1. The number of hydrogen-bond donors (Lipinski definition) is 0. The number of rotatable bonds is 5. The van der Waals surface area contributed by atoms with E-state index in [-0.39, 0.29) is 5.54 Å². The summed E-state index contributed by atoms with van der Waals surface area (Å²) in [6.07, 6.45) is 7.22. The van der Waals surface area contributed by atoms with E-state index in [0.717, 1.165) is 42.7 Å². The molecule has 0 bridgehead atoms. The van der Waals surface area contributed by atoms with Crippen LogP contribution in [0.3, 0.4) is 0 Å². The smallest absolute Gasteiger partial charge is 0.235 e. The van der Waals surface area contributed by atoms with Crippen molar-refractivity contribution in [3.8, 4) is 11.5 Å². The molecule has 0 radical (unpaired) electrons. The Labute approximate surface area is 112 Å². The number of ether oxygens (including phenoxy) is 2. The number of carbonyl (C=O) groups excluding carboxylic acids is 1. The number of nitrogens with zero attached hydrogens (tertiary/aromatic N) is 1. The third-order valence-corrected chi connectivity index (χ3v) is 4.03. The molecule has 4 heteroatoms. The molecule has 2 fully saturated rings. The zero-order chi connectivity index (χ0) is 13.3. The van der Waals surface area contributed by atoms with Gasteiger partial charge < -0.3 is 9.47 Å². The molecule has 0 unspecified atom stereocenters. The highest BCUT2D eigenvalue weighted by Crippen LogP contribution is 2.51. The van der Waals surface area contributed by atoms with Crippen molar-refractivity contribution < 1.29 is 14.3 Å². The van der Waals surface area contributed by atoms with Gasteiger partial charge in [-0.1, -0.05) is 6.07 Å². The molecular weight excluding hydrogens is 242 g/mol. The molecule has 0 aromatic heterocycles. The van der Waals surface area contributed by atoms with Crippen LogP contribution in [0.4, 0.5) is 0 Å². The Bertz CT molecular complexity index is 526. The highest BCUT2D eigenvalue weighted by Gasteiger charge is 2.45. The third kappa shape index (κ3) is 2.24. The summed E-state index contributed by atoms with van der Waals surface area (Å²) in [5.74, 6) is 1.50. The van der Waals surface area contributed by atoms with Gasteiger partial charge in [0.05, 0.1) is 18.8 Å². The first-order valence-corrected chi connectivity index (χ1v) is 6.72. The third-order valence-electron chi connectivity index (χ3n) is 4.03. The molecule has 2 aliphatic carbocycles. The van der Waals surface area contributed by atoms with Crippen molar-refractivity contribution in [1.82, 2.24) is 0 Å². The molecule has 3 rings (SSSR count). The minimum absolute atomic E-state index is 0.300. The summed E-state index contributed by atoms with van der Waals surface area (Å²) in [5, 5.41) is 0. The van der Waals surface area contributed by atoms with Crippen LogP contribution in [-0.4, -0.2) is 19.3 Å². The van der Waals surface area contributed by atoms with E-state index >= 15 is 0 Å². The molecular formula is C15H17NO3. The Balaban J connectivity index is 1.90. The highest BCUT2D eigenvalue weighted by molar-refractivity contribution is 5.48. The molecule has 0 spiro atoms. The lowest BCUT2D eigenvalue weighted by Gasteiger charge is -2.27. The molecule has 19 heavy (non-hydrogen) atoms.